The van der Waals surface area contributed by atoms with Crippen LogP contribution >= 0.6 is 23.4 Å². The first-order valence-electron chi connectivity index (χ1n) is 7.79. The zero-order chi connectivity index (χ0) is 18.5. The first-order valence-corrected chi connectivity index (χ1v) is 9.15. The van der Waals surface area contributed by atoms with Crippen LogP contribution in [-0.2, 0) is 5.75 Å². The van der Waals surface area contributed by atoms with Crippen LogP contribution in [0.15, 0.2) is 59.9 Å². The highest BCUT2D eigenvalue weighted by Gasteiger charge is 2.15. The van der Waals surface area contributed by atoms with Gasteiger partial charge in [-0.2, -0.15) is 0 Å². The third-order valence-electron chi connectivity index (χ3n) is 3.53. The van der Waals surface area contributed by atoms with Crippen LogP contribution in [0.5, 0.6) is 0 Å². The Morgan fingerprint density at radius 3 is 2.54 bits per heavy atom. The van der Waals surface area contributed by atoms with Crippen molar-refractivity contribution in [2.45, 2.75) is 17.8 Å². The molecule has 0 radical (unpaired) electrons. The SMILES string of the molecule is Cc1ccc(NC(=O)c2nc(SCc3ccc(F)cc3)ncc2Cl)cc1. The van der Waals surface area contributed by atoms with Crippen molar-refractivity contribution in [1.82, 2.24) is 9.97 Å². The molecule has 132 valence electrons. The van der Waals surface area contributed by atoms with Gasteiger partial charge in [0.15, 0.2) is 10.9 Å². The molecule has 0 spiro atoms. The lowest BCUT2D eigenvalue weighted by atomic mass is 10.2. The first kappa shape index (κ1) is 18.4. The number of benzene rings is 2. The molecule has 0 saturated carbocycles. The van der Waals surface area contributed by atoms with Gasteiger partial charge in [0.1, 0.15) is 5.82 Å². The first-order chi connectivity index (χ1) is 12.5. The van der Waals surface area contributed by atoms with Crippen LogP contribution in [0.25, 0.3) is 0 Å². The number of halogens is 2. The third kappa shape index (κ3) is 4.80. The molecule has 1 aromatic heterocycles. The predicted octanol–water partition coefficient (Wildman–Crippen LogP) is 5.12. The molecular formula is C19H15ClFN3OS. The van der Waals surface area contributed by atoms with Gasteiger partial charge < -0.3 is 5.32 Å². The molecule has 0 unspecified atom stereocenters. The Bertz CT molecular complexity index is 917. The molecule has 7 heteroatoms. The number of rotatable bonds is 5. The van der Waals surface area contributed by atoms with E-state index in [1.165, 1.54) is 30.1 Å². The molecule has 0 aliphatic rings. The van der Waals surface area contributed by atoms with Crippen LogP contribution in [-0.4, -0.2) is 15.9 Å². The number of nitrogens with zero attached hydrogens (tertiary/aromatic N) is 2. The molecule has 0 aliphatic heterocycles. The Morgan fingerprint density at radius 2 is 1.85 bits per heavy atom. The van der Waals surface area contributed by atoms with E-state index in [0.29, 0.717) is 16.6 Å². The highest BCUT2D eigenvalue weighted by atomic mass is 35.5. The van der Waals surface area contributed by atoms with Gasteiger partial charge in [0.05, 0.1) is 11.2 Å². The van der Waals surface area contributed by atoms with E-state index in [1.807, 2.05) is 31.2 Å². The monoisotopic (exact) mass is 387 g/mol. The zero-order valence-electron chi connectivity index (χ0n) is 13.9. The summed E-state index contributed by atoms with van der Waals surface area (Å²) in [6, 6.07) is 13.6. The van der Waals surface area contributed by atoms with Crippen molar-refractivity contribution in [2.24, 2.45) is 0 Å². The normalized spacial score (nSPS) is 10.6. The number of aryl methyl sites for hydroxylation is 1. The summed E-state index contributed by atoms with van der Waals surface area (Å²) in [6.45, 7) is 1.97. The van der Waals surface area contributed by atoms with Gasteiger partial charge in [0, 0.05) is 11.4 Å². The smallest absolute Gasteiger partial charge is 0.275 e. The lowest BCUT2D eigenvalue weighted by Crippen LogP contribution is -2.15. The summed E-state index contributed by atoms with van der Waals surface area (Å²) in [5, 5.41) is 3.37. The molecule has 0 atom stereocenters. The lowest BCUT2D eigenvalue weighted by molar-refractivity contribution is 0.102. The van der Waals surface area contributed by atoms with E-state index in [9.17, 15) is 9.18 Å². The summed E-state index contributed by atoms with van der Waals surface area (Å²) in [7, 11) is 0. The minimum absolute atomic E-state index is 0.115. The second-order valence-corrected chi connectivity index (χ2v) is 6.93. The van der Waals surface area contributed by atoms with Crippen molar-refractivity contribution in [3.05, 3.63) is 82.4 Å². The minimum Gasteiger partial charge on any atom is -0.321 e. The summed E-state index contributed by atoms with van der Waals surface area (Å²) in [5.74, 6) is -0.123. The number of aromatic nitrogens is 2. The molecule has 3 aromatic rings. The zero-order valence-corrected chi connectivity index (χ0v) is 15.4. The molecule has 1 amide bonds. The van der Waals surface area contributed by atoms with Crippen LogP contribution in [0.1, 0.15) is 21.6 Å². The quantitative estimate of drug-likeness (QED) is 0.487. The van der Waals surface area contributed by atoms with Gasteiger partial charge in [-0.15, -0.1) is 0 Å². The summed E-state index contributed by atoms with van der Waals surface area (Å²) in [5.41, 5.74) is 2.81. The van der Waals surface area contributed by atoms with Gasteiger partial charge in [-0.05, 0) is 36.8 Å². The molecule has 0 fully saturated rings. The molecule has 26 heavy (non-hydrogen) atoms. The Hall–Kier alpha value is -2.44. The Kier molecular flexibility index (Phi) is 5.85. The molecular weight excluding hydrogens is 373 g/mol. The van der Waals surface area contributed by atoms with Crippen molar-refractivity contribution >= 4 is 35.0 Å². The summed E-state index contributed by atoms with van der Waals surface area (Å²) >= 11 is 7.42. The maximum atomic E-state index is 12.9. The van der Waals surface area contributed by atoms with Crippen molar-refractivity contribution in [1.29, 1.82) is 0 Å². The van der Waals surface area contributed by atoms with E-state index >= 15 is 0 Å². The van der Waals surface area contributed by atoms with Crippen LogP contribution in [0.3, 0.4) is 0 Å². The average Bonchev–Trinajstić information content (AvgIpc) is 2.64. The number of carbonyl (C=O) groups excluding carboxylic acids is 1. The van der Waals surface area contributed by atoms with Gasteiger partial charge in [0.25, 0.3) is 5.91 Å². The number of nitrogens with one attached hydrogen (secondary N) is 1. The summed E-state index contributed by atoms with van der Waals surface area (Å²) in [4.78, 5) is 20.8. The molecule has 4 nitrogen and oxygen atoms in total. The highest BCUT2D eigenvalue weighted by Crippen LogP contribution is 2.23. The van der Waals surface area contributed by atoms with Crippen LogP contribution in [0, 0.1) is 12.7 Å². The van der Waals surface area contributed by atoms with Crippen molar-refractivity contribution in [2.75, 3.05) is 5.32 Å². The third-order valence-corrected chi connectivity index (χ3v) is 4.74. The standard InChI is InChI=1S/C19H15ClFN3OS/c1-12-2-8-15(9-3-12)23-18(25)17-16(20)10-22-19(24-17)26-11-13-4-6-14(21)7-5-13/h2-10H,11H2,1H3,(H,23,25). The average molecular weight is 388 g/mol. The van der Waals surface area contributed by atoms with Gasteiger partial charge in [-0.25, -0.2) is 14.4 Å². The number of hydrogen-bond acceptors (Lipinski definition) is 4. The number of carbonyl (C=O) groups is 1. The highest BCUT2D eigenvalue weighted by molar-refractivity contribution is 7.98. The maximum Gasteiger partial charge on any atom is 0.275 e. The Balaban J connectivity index is 1.71. The predicted molar refractivity (Wildman–Crippen MR) is 102 cm³/mol. The van der Waals surface area contributed by atoms with Crippen molar-refractivity contribution in [3.8, 4) is 0 Å². The van der Waals surface area contributed by atoms with E-state index in [-0.39, 0.29) is 16.5 Å². The van der Waals surface area contributed by atoms with E-state index in [4.69, 9.17) is 11.6 Å². The number of thioether (sulfide) groups is 1. The Labute approximate surface area is 159 Å². The molecule has 0 aliphatic carbocycles. The van der Waals surface area contributed by atoms with Crippen LogP contribution in [0.4, 0.5) is 10.1 Å². The summed E-state index contributed by atoms with van der Waals surface area (Å²) in [6.07, 6.45) is 1.41. The molecule has 1 N–H and O–H groups in total. The molecule has 0 bridgehead atoms. The van der Waals surface area contributed by atoms with E-state index in [2.05, 4.69) is 15.3 Å². The molecule has 3 rings (SSSR count). The lowest BCUT2D eigenvalue weighted by Gasteiger charge is -2.08. The number of hydrogen-bond donors (Lipinski definition) is 1. The fourth-order valence-corrected chi connectivity index (χ4v) is 3.08. The second-order valence-electron chi connectivity index (χ2n) is 5.58. The van der Waals surface area contributed by atoms with Crippen molar-refractivity contribution < 1.29 is 9.18 Å². The van der Waals surface area contributed by atoms with Gasteiger partial charge >= 0.3 is 0 Å². The minimum atomic E-state index is -0.398. The largest absolute Gasteiger partial charge is 0.321 e. The topological polar surface area (TPSA) is 54.9 Å². The number of amides is 1. The molecule has 2 aromatic carbocycles. The van der Waals surface area contributed by atoms with Gasteiger partial charge in [-0.1, -0.05) is 53.2 Å². The maximum absolute atomic E-state index is 12.9. The summed E-state index contributed by atoms with van der Waals surface area (Å²) < 4.78 is 12.9. The Morgan fingerprint density at radius 1 is 1.15 bits per heavy atom. The van der Waals surface area contributed by atoms with E-state index in [1.54, 1.807) is 12.1 Å². The fourth-order valence-electron chi connectivity index (χ4n) is 2.14. The fraction of sp³-hybridized carbons (Fsp3) is 0.105. The van der Waals surface area contributed by atoms with Crippen LogP contribution in [0.2, 0.25) is 5.02 Å². The molecule has 0 saturated heterocycles. The van der Waals surface area contributed by atoms with Crippen molar-refractivity contribution in [3.63, 3.8) is 0 Å². The van der Waals surface area contributed by atoms with Gasteiger partial charge in [-0.3, -0.25) is 4.79 Å². The van der Waals surface area contributed by atoms with E-state index < -0.39 is 5.91 Å². The molecule has 1 heterocycles. The van der Waals surface area contributed by atoms with Gasteiger partial charge in [0.2, 0.25) is 0 Å². The van der Waals surface area contributed by atoms with Crippen LogP contribution < -0.4 is 5.32 Å². The number of anilines is 1. The van der Waals surface area contributed by atoms with E-state index in [0.717, 1.165) is 11.1 Å². The second kappa shape index (κ2) is 8.29.